The van der Waals surface area contributed by atoms with Crippen LogP contribution in [0.5, 0.6) is 0 Å². The first-order chi connectivity index (χ1) is 15.1. The van der Waals surface area contributed by atoms with Crippen LogP contribution in [0.4, 0.5) is 18.9 Å². The summed E-state index contributed by atoms with van der Waals surface area (Å²) in [5.41, 5.74) is 0.591. The highest BCUT2D eigenvalue weighted by Gasteiger charge is 2.24. The van der Waals surface area contributed by atoms with E-state index in [1.54, 1.807) is 42.5 Å². The molecule has 0 spiro atoms. The fourth-order valence-electron chi connectivity index (χ4n) is 3.14. The Hall–Kier alpha value is -2.68. The summed E-state index contributed by atoms with van der Waals surface area (Å²) < 4.78 is 54.3. The number of rotatable bonds is 4. The summed E-state index contributed by atoms with van der Waals surface area (Å²) in [6, 6.07) is 13.0. The Morgan fingerprint density at radius 2 is 1.75 bits per heavy atom. The summed E-state index contributed by atoms with van der Waals surface area (Å²) in [5.74, 6) is 0.131. The van der Waals surface area contributed by atoms with Crippen LogP contribution in [-0.4, -0.2) is 16.0 Å². The van der Waals surface area contributed by atoms with Gasteiger partial charge in [-0.15, -0.1) is 0 Å². The third-order valence-electron chi connectivity index (χ3n) is 4.74. The van der Waals surface area contributed by atoms with E-state index in [1.807, 2.05) is 0 Å². The molecule has 3 nitrogen and oxygen atoms in total. The molecule has 4 rings (SSSR count). The van der Waals surface area contributed by atoms with Gasteiger partial charge >= 0.3 is 0 Å². The zero-order valence-electron chi connectivity index (χ0n) is 16.3. The second-order valence-corrected chi connectivity index (χ2v) is 10.9. The lowest BCUT2D eigenvalue weighted by Crippen LogP contribution is -2.18. The van der Waals surface area contributed by atoms with Gasteiger partial charge in [-0.05, 0) is 41.8 Å². The molecule has 0 bridgehead atoms. The van der Waals surface area contributed by atoms with E-state index in [0.717, 1.165) is 17.8 Å². The molecule has 0 aromatic heterocycles. The van der Waals surface area contributed by atoms with E-state index in [2.05, 4.69) is 11.2 Å². The van der Waals surface area contributed by atoms with Gasteiger partial charge in [-0.2, -0.15) is 0 Å². The number of carbonyl (C=O) groups is 1. The molecule has 1 aliphatic rings. The SMILES string of the molecule is C=S(=O)(Cc1ccccc1Cl)c1ccc2c(c1)NC(=O)/C(=C/c1c(F)cc(F)cc1F)S2. The molecule has 1 aliphatic heterocycles. The van der Waals surface area contributed by atoms with Crippen LogP contribution in [0.3, 0.4) is 0 Å². The van der Waals surface area contributed by atoms with Gasteiger partial charge in [-0.1, -0.05) is 41.6 Å². The van der Waals surface area contributed by atoms with Crippen molar-refractivity contribution >= 4 is 56.4 Å². The molecule has 164 valence electrons. The highest BCUT2D eigenvalue weighted by Crippen LogP contribution is 2.40. The maximum absolute atomic E-state index is 14.0. The van der Waals surface area contributed by atoms with E-state index in [0.29, 0.717) is 38.2 Å². The predicted octanol–water partition coefficient (Wildman–Crippen LogP) is 6.12. The van der Waals surface area contributed by atoms with Crippen LogP contribution >= 0.6 is 23.4 Å². The minimum Gasteiger partial charge on any atom is -0.320 e. The van der Waals surface area contributed by atoms with Crippen LogP contribution in [0.25, 0.3) is 6.08 Å². The van der Waals surface area contributed by atoms with E-state index < -0.39 is 38.4 Å². The quantitative estimate of drug-likeness (QED) is 0.352. The Kier molecular flexibility index (Phi) is 6.11. The smallest absolute Gasteiger partial charge is 0.262 e. The summed E-state index contributed by atoms with van der Waals surface area (Å²) in [6.07, 6.45) is 1.03. The number of amides is 1. The summed E-state index contributed by atoms with van der Waals surface area (Å²) in [7, 11) is -2.76. The van der Waals surface area contributed by atoms with Crippen LogP contribution in [0, 0.1) is 17.5 Å². The fourth-order valence-corrected chi connectivity index (χ4v) is 5.91. The Morgan fingerprint density at radius 3 is 2.44 bits per heavy atom. The molecule has 3 aromatic carbocycles. The number of hydrogen-bond donors (Lipinski definition) is 1. The molecule has 1 atom stereocenters. The first-order valence-corrected chi connectivity index (χ1v) is 12.3. The largest absolute Gasteiger partial charge is 0.320 e. The zero-order valence-corrected chi connectivity index (χ0v) is 18.7. The van der Waals surface area contributed by atoms with Gasteiger partial charge in [-0.25, -0.2) is 13.2 Å². The average molecular weight is 494 g/mol. The molecule has 1 amide bonds. The number of fused-ring (bicyclic) bond motifs is 1. The van der Waals surface area contributed by atoms with Crippen LogP contribution < -0.4 is 5.32 Å². The summed E-state index contributed by atoms with van der Waals surface area (Å²) in [4.78, 5) is 13.6. The normalized spacial score (nSPS) is 16.4. The van der Waals surface area contributed by atoms with E-state index in [9.17, 15) is 22.2 Å². The van der Waals surface area contributed by atoms with Crippen molar-refractivity contribution < 1.29 is 22.2 Å². The van der Waals surface area contributed by atoms with E-state index in [1.165, 1.54) is 0 Å². The van der Waals surface area contributed by atoms with Crippen molar-refractivity contribution in [2.24, 2.45) is 0 Å². The van der Waals surface area contributed by atoms with Crippen LogP contribution in [0.15, 0.2) is 69.3 Å². The number of anilines is 1. The van der Waals surface area contributed by atoms with Crippen molar-refractivity contribution in [2.75, 3.05) is 5.32 Å². The molecule has 1 N–H and O–H groups in total. The lowest BCUT2D eigenvalue weighted by molar-refractivity contribution is -0.112. The summed E-state index contributed by atoms with van der Waals surface area (Å²) in [5, 5.41) is 3.13. The van der Waals surface area contributed by atoms with Crippen molar-refractivity contribution in [1.82, 2.24) is 0 Å². The Morgan fingerprint density at radius 1 is 1.06 bits per heavy atom. The molecular weight excluding hydrogens is 479 g/mol. The molecule has 32 heavy (non-hydrogen) atoms. The minimum absolute atomic E-state index is 0.0288. The Balaban J connectivity index is 1.64. The van der Waals surface area contributed by atoms with Crippen LogP contribution in [0.1, 0.15) is 11.1 Å². The highest BCUT2D eigenvalue weighted by molar-refractivity contribution is 8.04. The van der Waals surface area contributed by atoms with Crippen molar-refractivity contribution in [1.29, 1.82) is 0 Å². The number of nitrogens with one attached hydrogen (secondary N) is 1. The number of carbonyl (C=O) groups excluding carboxylic acids is 1. The number of halogens is 4. The van der Waals surface area contributed by atoms with Gasteiger partial charge in [0.25, 0.3) is 5.91 Å². The number of hydrogen-bond acceptors (Lipinski definition) is 3. The fraction of sp³-hybridized carbons (Fsp3) is 0.0435. The molecule has 1 unspecified atom stereocenters. The van der Waals surface area contributed by atoms with Crippen molar-refractivity contribution in [3.05, 3.63) is 93.1 Å². The molecular formula is C23H15ClF3NO2S2. The topological polar surface area (TPSA) is 46.2 Å². The third-order valence-corrected chi connectivity index (χ3v) is 8.10. The second-order valence-electron chi connectivity index (χ2n) is 7.05. The lowest BCUT2D eigenvalue weighted by Gasteiger charge is -2.20. The maximum atomic E-state index is 14.0. The highest BCUT2D eigenvalue weighted by atomic mass is 35.5. The molecule has 0 saturated carbocycles. The minimum atomic E-state index is -2.76. The summed E-state index contributed by atoms with van der Waals surface area (Å²) in [6.45, 7) is 0. The molecule has 0 fully saturated rings. The van der Waals surface area contributed by atoms with E-state index >= 15 is 0 Å². The third kappa shape index (κ3) is 4.57. The zero-order chi connectivity index (χ0) is 23.0. The molecule has 0 aliphatic carbocycles. The van der Waals surface area contributed by atoms with Gasteiger partial charge < -0.3 is 5.32 Å². The first kappa shape index (κ1) is 22.5. The first-order valence-electron chi connectivity index (χ1n) is 9.22. The van der Waals surface area contributed by atoms with Crippen LogP contribution in [0.2, 0.25) is 5.02 Å². The molecule has 0 radical (unpaired) electrons. The predicted molar refractivity (Wildman–Crippen MR) is 124 cm³/mol. The standard InChI is InChI=1S/C23H15ClF3NO2S2/c1-32(30,12-13-4-2-3-5-17(13)24)15-6-7-21-20(10-15)28-23(29)22(31-21)11-16-18(26)8-14(25)9-19(16)27/h2-11H,1,12H2,(H,28,29)/b22-11-. The van der Waals surface area contributed by atoms with Crippen molar-refractivity contribution in [3.8, 4) is 0 Å². The van der Waals surface area contributed by atoms with Gasteiger partial charge in [0.2, 0.25) is 0 Å². The average Bonchev–Trinajstić information content (AvgIpc) is 2.72. The van der Waals surface area contributed by atoms with Gasteiger partial charge in [0, 0.05) is 47.8 Å². The monoisotopic (exact) mass is 493 g/mol. The Labute approximate surface area is 192 Å². The Bertz CT molecular complexity index is 1360. The van der Waals surface area contributed by atoms with Gasteiger partial charge in [0.1, 0.15) is 17.5 Å². The van der Waals surface area contributed by atoms with Crippen LogP contribution in [-0.2, 0) is 20.1 Å². The van der Waals surface area contributed by atoms with Gasteiger partial charge in [0.05, 0.1) is 10.6 Å². The molecule has 0 saturated heterocycles. The van der Waals surface area contributed by atoms with Crippen molar-refractivity contribution in [3.63, 3.8) is 0 Å². The molecule has 1 heterocycles. The number of benzene rings is 3. The van der Waals surface area contributed by atoms with E-state index in [4.69, 9.17) is 11.6 Å². The molecule has 9 heteroatoms. The van der Waals surface area contributed by atoms with Crippen molar-refractivity contribution in [2.45, 2.75) is 15.5 Å². The molecule has 3 aromatic rings. The number of thioether (sulfide) groups is 1. The van der Waals surface area contributed by atoms with Gasteiger partial charge in [0.15, 0.2) is 0 Å². The lowest BCUT2D eigenvalue weighted by atomic mass is 10.1. The van der Waals surface area contributed by atoms with Gasteiger partial charge in [-0.3, -0.25) is 9.00 Å². The summed E-state index contributed by atoms with van der Waals surface area (Å²) >= 11 is 7.17. The maximum Gasteiger partial charge on any atom is 0.262 e. The van der Waals surface area contributed by atoms with E-state index in [-0.39, 0.29) is 10.7 Å². The second kappa shape index (κ2) is 8.69.